The molecule has 0 unspecified atom stereocenters. The van der Waals surface area contributed by atoms with Crippen molar-refractivity contribution in [2.24, 2.45) is 0 Å². The lowest BCUT2D eigenvalue weighted by atomic mass is 9.77. The normalized spacial score (nSPS) is 11.4. The number of hydrogen-bond donors (Lipinski definition) is 1. The van der Waals surface area contributed by atoms with E-state index in [1.54, 1.807) is 10.6 Å². The summed E-state index contributed by atoms with van der Waals surface area (Å²) in [7, 11) is 0. The quantitative estimate of drug-likeness (QED) is 0.321. The fraction of sp³-hybridized carbons (Fsp3) is 0.0385. The van der Waals surface area contributed by atoms with E-state index in [0.717, 1.165) is 28.5 Å². The number of hydrogen-bond acceptors (Lipinski definition) is 4. The van der Waals surface area contributed by atoms with Crippen LogP contribution in [-0.4, -0.2) is 20.9 Å². The topological polar surface area (TPSA) is 59.3 Å². The molecule has 0 atom stereocenters. The molecule has 2 heterocycles. The predicted molar refractivity (Wildman–Crippen MR) is 121 cm³/mol. The van der Waals surface area contributed by atoms with Gasteiger partial charge in [0.2, 0.25) is 0 Å². The number of fused-ring (bicyclic) bond motifs is 1. The molecule has 0 aliphatic carbocycles. The van der Waals surface area contributed by atoms with Crippen LogP contribution in [-0.2, 0) is 5.54 Å². The van der Waals surface area contributed by atoms with Gasteiger partial charge in [-0.3, -0.25) is 4.79 Å². The Morgan fingerprint density at radius 1 is 0.710 bits per heavy atom. The number of carbonyl (C=O) groups is 1. The standard InChI is InChI=1S/C26H20N4O/c31-18-23-16-17-24-25(27-19-28-30(23)24)29-26(20-10-4-1-5-11-20,21-12-6-2-7-13-21)22-14-8-3-9-15-22/h1-19H,(H,27,28,29). The molecule has 2 aromatic heterocycles. The van der Waals surface area contributed by atoms with Gasteiger partial charge in [-0.2, -0.15) is 5.10 Å². The molecule has 0 aliphatic rings. The van der Waals surface area contributed by atoms with Gasteiger partial charge < -0.3 is 5.32 Å². The average Bonchev–Trinajstić information content (AvgIpc) is 3.28. The van der Waals surface area contributed by atoms with E-state index in [0.29, 0.717) is 11.5 Å². The van der Waals surface area contributed by atoms with Crippen molar-refractivity contribution in [3.05, 3.63) is 132 Å². The molecule has 5 aromatic rings. The first-order valence-electron chi connectivity index (χ1n) is 10.1. The van der Waals surface area contributed by atoms with Gasteiger partial charge in [-0.25, -0.2) is 9.50 Å². The van der Waals surface area contributed by atoms with Crippen molar-refractivity contribution >= 4 is 17.6 Å². The summed E-state index contributed by atoms with van der Waals surface area (Å²) in [6.45, 7) is 0. The van der Waals surface area contributed by atoms with Gasteiger partial charge in [0, 0.05) is 0 Å². The highest BCUT2D eigenvalue weighted by Crippen LogP contribution is 2.40. The fourth-order valence-corrected chi connectivity index (χ4v) is 4.10. The third kappa shape index (κ3) is 3.16. The molecule has 0 saturated heterocycles. The van der Waals surface area contributed by atoms with Crippen LogP contribution in [0.4, 0.5) is 5.82 Å². The number of anilines is 1. The van der Waals surface area contributed by atoms with Crippen LogP contribution in [0.1, 0.15) is 27.2 Å². The molecule has 5 rings (SSSR count). The zero-order valence-corrected chi connectivity index (χ0v) is 16.7. The number of aromatic nitrogens is 3. The average molecular weight is 404 g/mol. The van der Waals surface area contributed by atoms with E-state index in [2.05, 4.69) is 51.8 Å². The van der Waals surface area contributed by atoms with Crippen LogP contribution >= 0.6 is 0 Å². The molecule has 0 aliphatic heterocycles. The second-order valence-corrected chi connectivity index (χ2v) is 7.25. The molecule has 0 saturated carbocycles. The Morgan fingerprint density at radius 2 is 1.23 bits per heavy atom. The maximum Gasteiger partial charge on any atom is 0.168 e. The number of aldehydes is 1. The molecule has 5 heteroatoms. The predicted octanol–water partition coefficient (Wildman–Crippen LogP) is 4.95. The lowest BCUT2D eigenvalue weighted by Gasteiger charge is -2.37. The summed E-state index contributed by atoms with van der Waals surface area (Å²) < 4.78 is 1.61. The minimum Gasteiger partial charge on any atom is -0.351 e. The van der Waals surface area contributed by atoms with Gasteiger partial charge in [-0.05, 0) is 28.8 Å². The summed E-state index contributed by atoms with van der Waals surface area (Å²) in [5.41, 5.74) is 3.73. The second kappa shape index (κ2) is 7.88. The smallest absolute Gasteiger partial charge is 0.168 e. The van der Waals surface area contributed by atoms with E-state index in [9.17, 15) is 4.79 Å². The Kier molecular flexibility index (Phi) is 4.77. The minimum absolute atomic E-state index is 0.477. The number of nitrogens with one attached hydrogen (secondary N) is 1. The zero-order valence-electron chi connectivity index (χ0n) is 16.7. The van der Waals surface area contributed by atoms with Gasteiger partial charge in [-0.1, -0.05) is 91.0 Å². The zero-order chi connectivity index (χ0) is 21.1. The maximum absolute atomic E-state index is 11.4. The van der Waals surface area contributed by atoms with Gasteiger partial charge in [0.25, 0.3) is 0 Å². The molecular weight excluding hydrogens is 384 g/mol. The third-order valence-corrected chi connectivity index (χ3v) is 5.53. The Balaban J connectivity index is 1.81. The summed E-state index contributed by atoms with van der Waals surface area (Å²) in [5, 5.41) is 7.99. The highest BCUT2D eigenvalue weighted by molar-refractivity contribution is 5.80. The highest BCUT2D eigenvalue weighted by Gasteiger charge is 2.37. The van der Waals surface area contributed by atoms with Crippen molar-refractivity contribution in [3.8, 4) is 0 Å². The molecule has 3 aromatic carbocycles. The van der Waals surface area contributed by atoms with Crippen molar-refractivity contribution in [1.82, 2.24) is 14.6 Å². The Labute approximate surface area is 180 Å². The highest BCUT2D eigenvalue weighted by atomic mass is 16.1. The lowest BCUT2D eigenvalue weighted by molar-refractivity contribution is 0.111. The summed E-state index contributed by atoms with van der Waals surface area (Å²) in [6.07, 6.45) is 2.26. The summed E-state index contributed by atoms with van der Waals surface area (Å²) in [4.78, 5) is 16.0. The van der Waals surface area contributed by atoms with Crippen molar-refractivity contribution in [1.29, 1.82) is 0 Å². The summed E-state index contributed by atoms with van der Waals surface area (Å²) >= 11 is 0. The van der Waals surface area contributed by atoms with E-state index in [1.807, 2.05) is 60.7 Å². The lowest BCUT2D eigenvalue weighted by Crippen LogP contribution is -2.38. The van der Waals surface area contributed by atoms with Crippen LogP contribution in [0.3, 0.4) is 0 Å². The molecule has 0 fully saturated rings. The number of nitrogens with zero attached hydrogens (tertiary/aromatic N) is 3. The number of carbonyl (C=O) groups excluding carboxylic acids is 1. The fourth-order valence-electron chi connectivity index (χ4n) is 4.10. The van der Waals surface area contributed by atoms with Crippen molar-refractivity contribution in [3.63, 3.8) is 0 Å². The maximum atomic E-state index is 11.4. The van der Waals surface area contributed by atoms with Crippen LogP contribution in [0, 0.1) is 0 Å². The van der Waals surface area contributed by atoms with Gasteiger partial charge >= 0.3 is 0 Å². The van der Waals surface area contributed by atoms with Gasteiger partial charge in [0.1, 0.15) is 23.1 Å². The van der Waals surface area contributed by atoms with Crippen LogP contribution in [0.5, 0.6) is 0 Å². The molecule has 0 amide bonds. The Morgan fingerprint density at radius 3 is 1.71 bits per heavy atom. The van der Waals surface area contributed by atoms with E-state index in [-0.39, 0.29) is 0 Å². The SMILES string of the molecule is O=Cc1ccc2c(NC(c3ccccc3)(c3ccccc3)c3ccccc3)ncnn12. The Hall–Kier alpha value is -4.25. The van der Waals surface area contributed by atoms with Gasteiger partial charge in [-0.15, -0.1) is 0 Å². The van der Waals surface area contributed by atoms with Gasteiger partial charge in [0.15, 0.2) is 12.1 Å². The second-order valence-electron chi connectivity index (χ2n) is 7.25. The first-order valence-corrected chi connectivity index (χ1v) is 10.1. The van der Waals surface area contributed by atoms with E-state index < -0.39 is 5.54 Å². The third-order valence-electron chi connectivity index (χ3n) is 5.53. The molecule has 1 N–H and O–H groups in total. The van der Waals surface area contributed by atoms with Crippen molar-refractivity contribution in [2.45, 2.75) is 5.54 Å². The van der Waals surface area contributed by atoms with Crippen LogP contribution < -0.4 is 5.32 Å². The summed E-state index contributed by atoms with van der Waals surface area (Å²) in [5.74, 6) is 0.639. The first-order chi connectivity index (χ1) is 15.3. The largest absolute Gasteiger partial charge is 0.351 e. The molecule has 5 nitrogen and oxygen atoms in total. The minimum atomic E-state index is -0.704. The molecule has 0 radical (unpaired) electrons. The monoisotopic (exact) mass is 404 g/mol. The Bertz CT molecular complexity index is 1220. The number of rotatable bonds is 6. The molecular formula is C26H20N4O. The van der Waals surface area contributed by atoms with Crippen LogP contribution in [0.15, 0.2) is 109 Å². The van der Waals surface area contributed by atoms with Gasteiger partial charge in [0.05, 0.1) is 0 Å². The van der Waals surface area contributed by atoms with E-state index >= 15 is 0 Å². The van der Waals surface area contributed by atoms with Crippen LogP contribution in [0.25, 0.3) is 5.52 Å². The molecule has 0 spiro atoms. The number of benzene rings is 3. The van der Waals surface area contributed by atoms with Crippen LogP contribution in [0.2, 0.25) is 0 Å². The first kappa shape index (κ1) is 18.8. The molecule has 31 heavy (non-hydrogen) atoms. The molecule has 0 bridgehead atoms. The van der Waals surface area contributed by atoms with Crippen molar-refractivity contribution in [2.75, 3.05) is 5.32 Å². The van der Waals surface area contributed by atoms with E-state index in [4.69, 9.17) is 0 Å². The summed E-state index contributed by atoms with van der Waals surface area (Å²) in [6, 6.07) is 34.5. The van der Waals surface area contributed by atoms with E-state index in [1.165, 1.54) is 6.33 Å². The van der Waals surface area contributed by atoms with Crippen molar-refractivity contribution < 1.29 is 4.79 Å². The molecule has 150 valence electrons.